The van der Waals surface area contributed by atoms with Gasteiger partial charge in [0.1, 0.15) is 0 Å². The standard InChI is InChI=1S/C16H24ClN/c1-18(12-11-17)13-14-7-9-16(10-8-14)15-5-3-2-4-6-15/h7-10,15H,2-6,11-13H2,1H3. The molecule has 0 amide bonds. The van der Waals surface area contributed by atoms with Crippen LogP contribution in [-0.2, 0) is 6.54 Å². The molecule has 0 bridgehead atoms. The molecule has 0 spiro atoms. The first-order valence-corrected chi connectivity index (χ1v) is 7.66. The molecule has 1 aliphatic rings. The van der Waals surface area contributed by atoms with Gasteiger partial charge in [0.25, 0.3) is 0 Å². The minimum absolute atomic E-state index is 0.705. The number of rotatable bonds is 5. The highest BCUT2D eigenvalue weighted by atomic mass is 35.5. The van der Waals surface area contributed by atoms with Crippen LogP contribution in [0.1, 0.15) is 49.1 Å². The highest BCUT2D eigenvalue weighted by molar-refractivity contribution is 6.18. The fourth-order valence-electron chi connectivity index (χ4n) is 2.87. The molecule has 0 radical (unpaired) electrons. The van der Waals surface area contributed by atoms with Gasteiger partial charge in [-0.1, -0.05) is 43.5 Å². The van der Waals surface area contributed by atoms with Gasteiger partial charge in [-0.15, -0.1) is 11.6 Å². The molecular formula is C16H24ClN. The predicted molar refractivity (Wildman–Crippen MR) is 79.3 cm³/mol. The molecule has 18 heavy (non-hydrogen) atoms. The summed E-state index contributed by atoms with van der Waals surface area (Å²) in [5, 5.41) is 0. The summed E-state index contributed by atoms with van der Waals surface area (Å²) >= 11 is 5.75. The molecule has 100 valence electrons. The lowest BCUT2D eigenvalue weighted by Crippen LogP contribution is -2.20. The summed E-state index contributed by atoms with van der Waals surface area (Å²) in [6, 6.07) is 9.24. The number of hydrogen-bond acceptors (Lipinski definition) is 1. The maximum Gasteiger partial charge on any atom is 0.0351 e. The highest BCUT2D eigenvalue weighted by Gasteiger charge is 2.15. The average Bonchev–Trinajstić information content (AvgIpc) is 2.41. The van der Waals surface area contributed by atoms with E-state index in [9.17, 15) is 0 Å². The Bertz CT molecular complexity index is 341. The lowest BCUT2D eigenvalue weighted by atomic mass is 9.84. The first-order valence-electron chi connectivity index (χ1n) is 7.13. The smallest absolute Gasteiger partial charge is 0.0351 e. The first kappa shape index (κ1) is 13.9. The van der Waals surface area contributed by atoms with Crippen LogP contribution in [0.15, 0.2) is 24.3 Å². The second-order valence-corrected chi connectivity index (χ2v) is 5.88. The molecule has 1 aromatic rings. The molecule has 0 aliphatic heterocycles. The summed E-state index contributed by atoms with van der Waals surface area (Å²) in [6.45, 7) is 1.95. The molecule has 1 fully saturated rings. The maximum absolute atomic E-state index is 5.75. The predicted octanol–water partition coefficient (Wildman–Crippen LogP) is 4.40. The topological polar surface area (TPSA) is 3.24 Å². The van der Waals surface area contributed by atoms with Gasteiger partial charge in [0.05, 0.1) is 0 Å². The highest BCUT2D eigenvalue weighted by Crippen LogP contribution is 2.32. The molecule has 0 N–H and O–H groups in total. The van der Waals surface area contributed by atoms with Gasteiger partial charge < -0.3 is 4.90 Å². The fourth-order valence-corrected chi connectivity index (χ4v) is 3.15. The quantitative estimate of drug-likeness (QED) is 0.713. The van der Waals surface area contributed by atoms with Crippen LogP contribution in [0, 0.1) is 0 Å². The normalized spacial score (nSPS) is 17.3. The third kappa shape index (κ3) is 4.00. The van der Waals surface area contributed by atoms with E-state index >= 15 is 0 Å². The van der Waals surface area contributed by atoms with Crippen LogP contribution in [0.25, 0.3) is 0 Å². The Hall–Kier alpha value is -0.530. The number of hydrogen-bond donors (Lipinski definition) is 0. The van der Waals surface area contributed by atoms with Crippen molar-refractivity contribution in [1.82, 2.24) is 4.90 Å². The Morgan fingerprint density at radius 2 is 1.78 bits per heavy atom. The molecule has 0 saturated heterocycles. The van der Waals surface area contributed by atoms with Crippen molar-refractivity contribution in [3.8, 4) is 0 Å². The zero-order chi connectivity index (χ0) is 12.8. The molecule has 0 aromatic heterocycles. The molecule has 0 heterocycles. The Balaban J connectivity index is 1.92. The van der Waals surface area contributed by atoms with Gasteiger partial charge in [0, 0.05) is 19.0 Å². The third-order valence-electron chi connectivity index (χ3n) is 3.98. The van der Waals surface area contributed by atoms with E-state index in [4.69, 9.17) is 11.6 Å². The Morgan fingerprint density at radius 3 is 2.39 bits per heavy atom. The molecule has 1 aliphatic carbocycles. The Labute approximate surface area is 116 Å². The molecular weight excluding hydrogens is 242 g/mol. The lowest BCUT2D eigenvalue weighted by Gasteiger charge is -2.22. The van der Waals surface area contributed by atoms with Gasteiger partial charge in [-0.2, -0.15) is 0 Å². The summed E-state index contributed by atoms with van der Waals surface area (Å²) in [7, 11) is 2.12. The summed E-state index contributed by atoms with van der Waals surface area (Å²) in [5.41, 5.74) is 2.93. The largest absolute Gasteiger partial charge is 0.301 e. The number of benzene rings is 1. The van der Waals surface area contributed by atoms with Crippen molar-refractivity contribution in [1.29, 1.82) is 0 Å². The Morgan fingerprint density at radius 1 is 1.11 bits per heavy atom. The van der Waals surface area contributed by atoms with Crippen molar-refractivity contribution in [2.24, 2.45) is 0 Å². The zero-order valence-electron chi connectivity index (χ0n) is 11.4. The van der Waals surface area contributed by atoms with E-state index in [1.807, 2.05) is 0 Å². The van der Waals surface area contributed by atoms with E-state index in [0.717, 1.165) is 19.0 Å². The minimum atomic E-state index is 0.705. The SMILES string of the molecule is CN(CCCl)Cc1ccc(C2CCCCC2)cc1. The zero-order valence-corrected chi connectivity index (χ0v) is 12.1. The molecule has 0 atom stereocenters. The van der Waals surface area contributed by atoms with E-state index < -0.39 is 0 Å². The molecule has 1 nitrogen and oxygen atoms in total. The van der Waals surface area contributed by atoms with Gasteiger partial charge in [0.15, 0.2) is 0 Å². The summed E-state index contributed by atoms with van der Waals surface area (Å²) in [5.74, 6) is 1.52. The molecule has 2 heteroatoms. The number of alkyl halides is 1. The van der Waals surface area contributed by atoms with Crippen LogP contribution in [0.4, 0.5) is 0 Å². The van der Waals surface area contributed by atoms with E-state index in [0.29, 0.717) is 5.88 Å². The van der Waals surface area contributed by atoms with E-state index in [2.05, 4.69) is 36.2 Å². The van der Waals surface area contributed by atoms with Crippen molar-refractivity contribution in [3.05, 3.63) is 35.4 Å². The number of nitrogens with zero attached hydrogens (tertiary/aromatic N) is 1. The summed E-state index contributed by atoms with van der Waals surface area (Å²) in [4.78, 5) is 2.27. The van der Waals surface area contributed by atoms with E-state index in [1.54, 1.807) is 5.56 Å². The molecule has 2 rings (SSSR count). The van der Waals surface area contributed by atoms with E-state index in [1.165, 1.54) is 37.7 Å². The van der Waals surface area contributed by atoms with Gasteiger partial charge in [-0.25, -0.2) is 0 Å². The van der Waals surface area contributed by atoms with Crippen LogP contribution in [0.3, 0.4) is 0 Å². The third-order valence-corrected chi connectivity index (χ3v) is 4.14. The van der Waals surface area contributed by atoms with Crippen LogP contribution in [0.5, 0.6) is 0 Å². The minimum Gasteiger partial charge on any atom is -0.301 e. The van der Waals surface area contributed by atoms with Gasteiger partial charge >= 0.3 is 0 Å². The van der Waals surface area contributed by atoms with Gasteiger partial charge in [-0.05, 0) is 36.9 Å². The van der Waals surface area contributed by atoms with E-state index in [-0.39, 0.29) is 0 Å². The van der Waals surface area contributed by atoms with Crippen molar-refractivity contribution in [3.63, 3.8) is 0 Å². The van der Waals surface area contributed by atoms with Crippen LogP contribution in [-0.4, -0.2) is 24.4 Å². The second kappa shape index (κ2) is 7.16. The maximum atomic E-state index is 5.75. The van der Waals surface area contributed by atoms with Gasteiger partial charge in [-0.3, -0.25) is 0 Å². The molecule has 1 saturated carbocycles. The van der Waals surface area contributed by atoms with Crippen LogP contribution >= 0.6 is 11.6 Å². The second-order valence-electron chi connectivity index (χ2n) is 5.50. The number of halogens is 1. The lowest BCUT2D eigenvalue weighted by molar-refractivity contribution is 0.347. The van der Waals surface area contributed by atoms with Crippen LogP contribution < -0.4 is 0 Å². The van der Waals surface area contributed by atoms with Crippen molar-refractivity contribution in [2.75, 3.05) is 19.5 Å². The monoisotopic (exact) mass is 265 g/mol. The fraction of sp³-hybridized carbons (Fsp3) is 0.625. The van der Waals surface area contributed by atoms with Crippen LogP contribution in [0.2, 0.25) is 0 Å². The first-order chi connectivity index (χ1) is 8.79. The van der Waals surface area contributed by atoms with Gasteiger partial charge in [0.2, 0.25) is 0 Å². The molecule has 0 unspecified atom stereocenters. The van der Waals surface area contributed by atoms with Crippen molar-refractivity contribution < 1.29 is 0 Å². The van der Waals surface area contributed by atoms with Crippen molar-refractivity contribution in [2.45, 2.75) is 44.6 Å². The summed E-state index contributed by atoms with van der Waals surface area (Å²) in [6.07, 6.45) is 7.00. The summed E-state index contributed by atoms with van der Waals surface area (Å²) < 4.78 is 0. The Kier molecular flexibility index (Phi) is 5.52. The average molecular weight is 266 g/mol. The van der Waals surface area contributed by atoms with Crippen molar-refractivity contribution >= 4 is 11.6 Å². The molecule has 1 aromatic carbocycles.